The van der Waals surface area contributed by atoms with E-state index in [-0.39, 0.29) is 28.1 Å². The number of nitrogens with zero attached hydrogens (tertiary/aromatic N) is 4. The van der Waals surface area contributed by atoms with E-state index in [4.69, 9.17) is 4.74 Å². The van der Waals surface area contributed by atoms with Crippen LogP contribution in [0.15, 0.2) is 66.7 Å². The number of para-hydroxylation sites is 2. The van der Waals surface area contributed by atoms with Crippen LogP contribution in [0.1, 0.15) is 76.7 Å². The van der Waals surface area contributed by atoms with E-state index in [9.17, 15) is 35.9 Å². The summed E-state index contributed by atoms with van der Waals surface area (Å²) in [6.45, 7) is 14.8. The normalized spacial score (nSPS) is 11.9. The number of aromatic nitrogens is 4. The fraction of sp³-hybridized carbons (Fsp3) is 0.400. The number of ether oxygens (including phenoxy) is 1. The van der Waals surface area contributed by atoms with Crippen LogP contribution in [0.4, 0.5) is 47.6 Å². The lowest BCUT2D eigenvalue weighted by molar-refractivity contribution is -0.145. The molecule has 19 heteroatoms. The van der Waals surface area contributed by atoms with Gasteiger partial charge in [-0.15, -0.1) is 0 Å². The van der Waals surface area contributed by atoms with Gasteiger partial charge >= 0.3 is 24.4 Å². The summed E-state index contributed by atoms with van der Waals surface area (Å²) in [5.41, 5.74) is 11.5. The van der Waals surface area contributed by atoms with Gasteiger partial charge in [-0.1, -0.05) is 69.2 Å². The van der Waals surface area contributed by atoms with Crippen molar-refractivity contribution in [2.75, 3.05) is 24.0 Å². The number of halogens is 6. The molecule has 0 aliphatic rings. The quantitative estimate of drug-likeness (QED) is 0.0385. The molecule has 3 aromatic carbocycles. The highest BCUT2D eigenvalue weighted by molar-refractivity contribution is 5.91. The monoisotopic (exact) mass is 830 g/mol. The zero-order valence-electron chi connectivity index (χ0n) is 33.7. The largest absolute Gasteiger partial charge is 0.493 e. The van der Waals surface area contributed by atoms with Gasteiger partial charge < -0.3 is 15.4 Å². The maximum Gasteiger partial charge on any atom is 0.451 e. The average Bonchev–Trinajstić information content (AvgIpc) is 3.15. The molecule has 0 saturated carbocycles. The lowest BCUT2D eigenvalue weighted by atomic mass is 9.78. The fourth-order valence-electron chi connectivity index (χ4n) is 6.00. The minimum Gasteiger partial charge on any atom is -0.493 e. The summed E-state index contributed by atoms with van der Waals surface area (Å²) in [6, 6.07) is 17.2. The van der Waals surface area contributed by atoms with E-state index in [0.717, 1.165) is 29.7 Å². The summed E-state index contributed by atoms with van der Waals surface area (Å²) in [6.07, 6.45) is -7.17. The minimum absolute atomic E-state index is 0.0364. The smallest absolute Gasteiger partial charge is 0.451 e. The number of urea groups is 2. The highest BCUT2D eigenvalue weighted by atomic mass is 19.4. The van der Waals surface area contributed by atoms with Gasteiger partial charge in [-0.3, -0.25) is 21.7 Å². The van der Waals surface area contributed by atoms with Gasteiger partial charge in [0.25, 0.3) is 0 Å². The molecular formula is C40H48F6N10O3. The van der Waals surface area contributed by atoms with Crippen LogP contribution in [0.2, 0.25) is 0 Å². The van der Waals surface area contributed by atoms with Crippen molar-refractivity contribution in [1.29, 1.82) is 0 Å². The number of amides is 4. The standard InChI is InChI=1S/C21H22F3N5O2.C19H26F3N5O/c1-13-8-9-17(14(2)12-13)31-11-5-10-25-20(30)29-28-18-15-6-3-4-7-16(15)26-19(27-18)21(22,23)24;1-6-17(2,3)11-18(4,5)25-16(28)27-26-14-12-9-7-8-10-13(12)23-15(24-14)19(20,21)22/h3-4,6-9,12H,5,10-11H2,1-2H3,(H2,25,29,30)(H,26,27,28);7-10H,6,11H2,1-5H3,(H,23,24,26)(H2,25,27,28). The van der Waals surface area contributed by atoms with Crippen LogP contribution in [0, 0.1) is 19.3 Å². The molecular weight excluding hydrogens is 782 g/mol. The Morgan fingerprint density at radius 3 is 1.69 bits per heavy atom. The molecule has 13 nitrogen and oxygen atoms in total. The summed E-state index contributed by atoms with van der Waals surface area (Å²) in [5.74, 6) is -2.06. The first-order valence-corrected chi connectivity index (χ1v) is 18.6. The molecule has 0 fully saturated rings. The summed E-state index contributed by atoms with van der Waals surface area (Å²) >= 11 is 0. The number of anilines is 2. The number of alkyl halides is 6. The summed E-state index contributed by atoms with van der Waals surface area (Å²) in [7, 11) is 0. The fourth-order valence-corrected chi connectivity index (χ4v) is 6.00. The first kappa shape index (κ1) is 45.6. The number of hydrogen-bond donors (Lipinski definition) is 6. The van der Waals surface area contributed by atoms with E-state index < -0.39 is 41.6 Å². The van der Waals surface area contributed by atoms with Gasteiger partial charge in [0.1, 0.15) is 5.75 Å². The van der Waals surface area contributed by atoms with Gasteiger partial charge in [0.15, 0.2) is 11.6 Å². The van der Waals surface area contributed by atoms with Crippen LogP contribution in [0.3, 0.4) is 0 Å². The molecule has 2 aromatic heterocycles. The number of aryl methyl sites for hydroxylation is 2. The number of carbonyl (C=O) groups is 2. The van der Waals surface area contributed by atoms with Crippen molar-refractivity contribution < 1.29 is 40.7 Å². The van der Waals surface area contributed by atoms with Crippen LogP contribution < -0.4 is 37.1 Å². The van der Waals surface area contributed by atoms with Crippen molar-refractivity contribution >= 4 is 45.5 Å². The van der Waals surface area contributed by atoms with Crippen molar-refractivity contribution in [2.24, 2.45) is 5.41 Å². The van der Waals surface area contributed by atoms with Crippen LogP contribution in [0.5, 0.6) is 5.75 Å². The average molecular weight is 831 g/mol. The van der Waals surface area contributed by atoms with Crippen molar-refractivity contribution in [3.8, 4) is 5.75 Å². The second kappa shape index (κ2) is 19.1. The molecule has 0 aliphatic heterocycles. The predicted molar refractivity (Wildman–Crippen MR) is 213 cm³/mol. The molecule has 5 rings (SSSR count). The lowest BCUT2D eigenvalue weighted by Crippen LogP contribution is -2.51. The molecule has 0 saturated heterocycles. The SMILES string of the molecule is CCC(C)(C)CC(C)(C)NC(=O)NNc1nc(C(F)(F)F)nc2ccccc12.Cc1ccc(OCCCNC(=O)NNc2nc(C(F)(F)F)nc3ccccc23)c(C)c1. The van der Waals surface area contributed by atoms with Gasteiger partial charge in [0.2, 0.25) is 11.6 Å². The third kappa shape index (κ3) is 13.7. The molecule has 2 heterocycles. The highest BCUT2D eigenvalue weighted by Crippen LogP contribution is 2.32. The zero-order chi connectivity index (χ0) is 43.6. The molecule has 0 atom stereocenters. The summed E-state index contributed by atoms with van der Waals surface area (Å²) < 4.78 is 84.0. The molecule has 5 aromatic rings. The van der Waals surface area contributed by atoms with Gasteiger partial charge in [0, 0.05) is 22.9 Å². The van der Waals surface area contributed by atoms with Crippen molar-refractivity contribution in [2.45, 2.75) is 85.6 Å². The van der Waals surface area contributed by atoms with Gasteiger partial charge in [-0.2, -0.15) is 26.3 Å². The number of rotatable bonds is 13. The Bertz CT molecular complexity index is 2230. The number of hydrogen-bond acceptors (Lipinski definition) is 9. The molecule has 0 bridgehead atoms. The van der Waals surface area contributed by atoms with Crippen LogP contribution >= 0.6 is 0 Å². The Morgan fingerprint density at radius 1 is 0.695 bits per heavy atom. The molecule has 0 aliphatic carbocycles. The molecule has 0 unspecified atom stereocenters. The molecule has 0 spiro atoms. The maximum absolute atomic E-state index is 13.1. The van der Waals surface area contributed by atoms with Crippen molar-refractivity contribution in [1.82, 2.24) is 41.4 Å². The molecule has 59 heavy (non-hydrogen) atoms. The Kier molecular flexibility index (Phi) is 14.7. The molecule has 6 N–H and O–H groups in total. The summed E-state index contributed by atoms with van der Waals surface area (Å²) in [4.78, 5) is 38.3. The van der Waals surface area contributed by atoms with E-state index in [2.05, 4.69) is 73.0 Å². The number of nitrogens with one attached hydrogen (secondary N) is 6. The highest BCUT2D eigenvalue weighted by Gasteiger charge is 2.37. The van der Waals surface area contributed by atoms with Crippen LogP contribution in [0.25, 0.3) is 21.8 Å². The van der Waals surface area contributed by atoms with Crippen LogP contribution in [-0.4, -0.2) is 50.7 Å². The Hall–Kier alpha value is -6.14. The van der Waals surface area contributed by atoms with E-state index in [1.54, 1.807) is 36.4 Å². The molecule has 0 radical (unpaired) electrons. The summed E-state index contributed by atoms with van der Waals surface area (Å²) in [5, 5.41) is 6.14. The topological polar surface area (TPSA) is 167 Å². The predicted octanol–water partition coefficient (Wildman–Crippen LogP) is 9.24. The Balaban J connectivity index is 0.000000262. The molecule has 318 valence electrons. The second-order valence-electron chi connectivity index (χ2n) is 15.1. The van der Waals surface area contributed by atoms with Gasteiger partial charge in [-0.25, -0.2) is 29.5 Å². The maximum atomic E-state index is 13.1. The van der Waals surface area contributed by atoms with Crippen molar-refractivity contribution in [3.05, 3.63) is 89.5 Å². The number of benzene rings is 3. The zero-order valence-corrected chi connectivity index (χ0v) is 33.7. The van der Waals surface area contributed by atoms with Gasteiger partial charge in [0.05, 0.1) is 17.6 Å². The second-order valence-corrected chi connectivity index (χ2v) is 15.1. The van der Waals surface area contributed by atoms with Crippen molar-refractivity contribution in [3.63, 3.8) is 0 Å². The van der Waals surface area contributed by atoms with E-state index >= 15 is 0 Å². The first-order chi connectivity index (χ1) is 27.6. The Morgan fingerprint density at radius 2 is 1.20 bits per heavy atom. The first-order valence-electron chi connectivity index (χ1n) is 18.6. The number of hydrazine groups is 2. The molecule has 4 amide bonds. The van der Waals surface area contributed by atoms with E-state index in [1.807, 2.05) is 45.9 Å². The lowest BCUT2D eigenvalue weighted by Gasteiger charge is -2.35. The Labute approximate surface area is 337 Å². The third-order valence-electron chi connectivity index (χ3n) is 8.83. The third-order valence-corrected chi connectivity index (χ3v) is 8.83. The number of carbonyl (C=O) groups excluding carboxylic acids is 2. The number of fused-ring (bicyclic) bond motifs is 2. The van der Waals surface area contributed by atoms with E-state index in [0.29, 0.717) is 30.3 Å². The minimum atomic E-state index is -4.71. The van der Waals surface area contributed by atoms with Crippen LogP contribution in [-0.2, 0) is 12.4 Å². The van der Waals surface area contributed by atoms with E-state index in [1.165, 1.54) is 12.1 Å². The van der Waals surface area contributed by atoms with Gasteiger partial charge in [-0.05, 0) is 81.8 Å².